The van der Waals surface area contributed by atoms with Crippen LogP contribution in [0.1, 0.15) is 40.9 Å². The fourth-order valence-electron chi connectivity index (χ4n) is 4.62. The Morgan fingerprint density at radius 1 is 1.12 bits per heavy atom. The fourth-order valence-corrected chi connectivity index (χ4v) is 4.62. The molecule has 3 heterocycles. The Bertz CT molecular complexity index is 1690. The zero-order chi connectivity index (χ0) is 28.6. The van der Waals surface area contributed by atoms with Gasteiger partial charge in [0.25, 0.3) is 5.91 Å². The summed E-state index contributed by atoms with van der Waals surface area (Å²) in [6.07, 6.45) is -1.08. The van der Waals surface area contributed by atoms with Crippen molar-refractivity contribution in [2.75, 3.05) is 16.8 Å². The third kappa shape index (κ3) is 5.03. The molecule has 202 valence electrons. The molecular formula is C29H24F3N7O. The maximum absolute atomic E-state index is 13.7. The first-order valence-electron chi connectivity index (χ1n) is 12.4. The number of nitrogens with one attached hydrogen (secondary N) is 1. The molecule has 5 rings (SSSR count). The highest BCUT2D eigenvalue weighted by molar-refractivity contribution is 6.10. The molecule has 0 saturated heterocycles. The number of alkyl halides is 3. The standard InChI is InChI=1S/C29H24F3N7O/c1-17(2)9-10-34-25-12-19(22-11-18(14-33)7-8-20(22)27-37-35-16-38(27)3)13-26(36-25)39-15-23-21(28(39)40)5-4-6-24(23)29(30,31)32/h4-9,11-13,16H,10,15H2,1-3H3,(H,34,36). The number of carbonyl (C=O) groups is 1. The molecule has 0 saturated carbocycles. The number of nitriles is 1. The van der Waals surface area contributed by atoms with Gasteiger partial charge in [-0.2, -0.15) is 18.4 Å². The maximum Gasteiger partial charge on any atom is 0.416 e. The van der Waals surface area contributed by atoms with Crippen molar-refractivity contribution in [3.63, 3.8) is 0 Å². The summed E-state index contributed by atoms with van der Waals surface area (Å²) in [6.45, 7) is 4.08. The fraction of sp³-hybridized carbons (Fsp3) is 0.207. The molecule has 8 nitrogen and oxygen atoms in total. The second kappa shape index (κ2) is 10.3. The zero-order valence-corrected chi connectivity index (χ0v) is 21.9. The molecule has 1 N–H and O–H groups in total. The van der Waals surface area contributed by atoms with E-state index in [9.17, 15) is 23.2 Å². The molecule has 0 aliphatic carbocycles. The minimum Gasteiger partial charge on any atom is -0.367 e. The van der Waals surface area contributed by atoms with Crippen LogP contribution in [-0.4, -0.2) is 32.2 Å². The summed E-state index contributed by atoms with van der Waals surface area (Å²) in [5.41, 5.74) is 2.46. The van der Waals surface area contributed by atoms with E-state index >= 15 is 0 Å². The molecule has 40 heavy (non-hydrogen) atoms. The number of carbonyl (C=O) groups excluding carboxylic acids is 1. The van der Waals surface area contributed by atoms with E-state index in [0.717, 1.165) is 11.6 Å². The van der Waals surface area contributed by atoms with Crippen molar-refractivity contribution < 1.29 is 18.0 Å². The summed E-state index contributed by atoms with van der Waals surface area (Å²) in [7, 11) is 1.79. The van der Waals surface area contributed by atoms with E-state index in [2.05, 4.69) is 26.6 Å². The molecule has 2 aromatic carbocycles. The van der Waals surface area contributed by atoms with Crippen molar-refractivity contribution in [2.24, 2.45) is 7.05 Å². The largest absolute Gasteiger partial charge is 0.416 e. The normalized spacial score (nSPS) is 12.7. The third-order valence-corrected chi connectivity index (χ3v) is 6.57. The molecule has 2 aromatic heterocycles. The number of halogens is 3. The number of rotatable bonds is 6. The lowest BCUT2D eigenvalue weighted by atomic mass is 9.97. The van der Waals surface area contributed by atoms with E-state index < -0.39 is 17.6 Å². The lowest BCUT2D eigenvalue weighted by Crippen LogP contribution is -2.24. The number of anilines is 2. The van der Waals surface area contributed by atoms with Crippen molar-refractivity contribution in [1.82, 2.24) is 19.7 Å². The van der Waals surface area contributed by atoms with E-state index in [1.165, 1.54) is 17.0 Å². The van der Waals surface area contributed by atoms with Crippen molar-refractivity contribution >= 4 is 17.5 Å². The molecule has 0 radical (unpaired) electrons. The molecule has 0 unspecified atom stereocenters. The van der Waals surface area contributed by atoms with Crippen LogP contribution in [0, 0.1) is 11.3 Å². The number of pyridine rings is 1. The highest BCUT2D eigenvalue weighted by Gasteiger charge is 2.40. The van der Waals surface area contributed by atoms with Gasteiger partial charge in [-0.05, 0) is 73.0 Å². The van der Waals surface area contributed by atoms with Gasteiger partial charge in [0, 0.05) is 24.7 Å². The van der Waals surface area contributed by atoms with Crippen LogP contribution in [0.3, 0.4) is 0 Å². The smallest absolute Gasteiger partial charge is 0.367 e. The molecule has 1 aliphatic rings. The van der Waals surface area contributed by atoms with E-state index in [-0.39, 0.29) is 23.5 Å². The first kappa shape index (κ1) is 26.6. The number of benzene rings is 2. The minimum absolute atomic E-state index is 0.00710. The van der Waals surface area contributed by atoms with E-state index in [1.807, 2.05) is 19.9 Å². The van der Waals surface area contributed by atoms with Gasteiger partial charge < -0.3 is 9.88 Å². The summed E-state index contributed by atoms with van der Waals surface area (Å²) < 4.78 is 42.9. The number of hydrogen-bond acceptors (Lipinski definition) is 6. The van der Waals surface area contributed by atoms with Gasteiger partial charge >= 0.3 is 6.18 Å². The van der Waals surface area contributed by atoms with Crippen LogP contribution in [0.2, 0.25) is 0 Å². The van der Waals surface area contributed by atoms with Gasteiger partial charge in [-0.1, -0.05) is 17.7 Å². The Balaban J connectivity index is 1.66. The predicted molar refractivity (Wildman–Crippen MR) is 144 cm³/mol. The first-order chi connectivity index (χ1) is 19.1. The quantitative estimate of drug-likeness (QED) is 0.301. The summed E-state index contributed by atoms with van der Waals surface area (Å²) in [4.78, 5) is 19.2. The zero-order valence-electron chi connectivity index (χ0n) is 21.9. The molecule has 4 aromatic rings. The third-order valence-electron chi connectivity index (χ3n) is 6.57. The maximum atomic E-state index is 13.7. The van der Waals surface area contributed by atoms with Crippen molar-refractivity contribution in [1.29, 1.82) is 5.26 Å². The number of amides is 1. The van der Waals surface area contributed by atoms with Crippen LogP contribution < -0.4 is 10.2 Å². The predicted octanol–water partition coefficient (Wildman–Crippen LogP) is 5.97. The van der Waals surface area contributed by atoms with Gasteiger partial charge in [0.15, 0.2) is 5.82 Å². The van der Waals surface area contributed by atoms with Crippen molar-refractivity contribution in [2.45, 2.75) is 26.6 Å². The number of fused-ring (bicyclic) bond motifs is 1. The minimum atomic E-state index is -4.60. The summed E-state index contributed by atoms with van der Waals surface area (Å²) in [5.74, 6) is 0.575. The van der Waals surface area contributed by atoms with Gasteiger partial charge in [0.1, 0.15) is 18.0 Å². The Morgan fingerprint density at radius 2 is 1.93 bits per heavy atom. The Hall–Kier alpha value is -4.98. The van der Waals surface area contributed by atoms with Crippen LogP contribution in [0.15, 0.2) is 66.5 Å². The molecule has 11 heteroatoms. The highest BCUT2D eigenvalue weighted by atomic mass is 19.4. The number of allylic oxidation sites excluding steroid dienone is 1. The number of aromatic nitrogens is 4. The van der Waals surface area contributed by atoms with E-state index in [1.54, 1.807) is 48.3 Å². The second-order valence-corrected chi connectivity index (χ2v) is 9.62. The van der Waals surface area contributed by atoms with Gasteiger partial charge in [-0.25, -0.2) is 4.98 Å². The first-order valence-corrected chi connectivity index (χ1v) is 12.4. The van der Waals surface area contributed by atoms with Gasteiger partial charge in [-0.3, -0.25) is 9.69 Å². The molecule has 0 atom stereocenters. The Morgan fingerprint density at radius 3 is 2.60 bits per heavy atom. The summed E-state index contributed by atoms with van der Waals surface area (Å²) in [5, 5.41) is 21.0. The summed E-state index contributed by atoms with van der Waals surface area (Å²) in [6, 6.07) is 14.3. The van der Waals surface area contributed by atoms with Crippen LogP contribution >= 0.6 is 0 Å². The van der Waals surface area contributed by atoms with Crippen LogP contribution in [0.25, 0.3) is 22.5 Å². The van der Waals surface area contributed by atoms with Crippen molar-refractivity contribution in [3.05, 3.63) is 88.8 Å². The number of hydrogen-bond donors (Lipinski definition) is 1. The van der Waals surface area contributed by atoms with Crippen LogP contribution in [-0.2, 0) is 19.8 Å². The average molecular weight is 544 g/mol. The molecule has 1 amide bonds. The SMILES string of the molecule is CC(C)=CCNc1cc(-c2cc(C#N)ccc2-c2nncn2C)cc(N2Cc3c(cccc3C(F)(F)F)C2=O)n1. The molecule has 1 aliphatic heterocycles. The van der Waals surface area contributed by atoms with Crippen LogP contribution in [0.4, 0.5) is 24.8 Å². The van der Waals surface area contributed by atoms with Crippen molar-refractivity contribution in [3.8, 4) is 28.6 Å². The lowest BCUT2D eigenvalue weighted by Gasteiger charge is -2.19. The Labute approximate surface area is 228 Å². The van der Waals surface area contributed by atoms with Gasteiger partial charge in [0.05, 0.1) is 23.7 Å². The summed E-state index contributed by atoms with van der Waals surface area (Å²) >= 11 is 0. The lowest BCUT2D eigenvalue weighted by molar-refractivity contribution is -0.138. The average Bonchev–Trinajstić information content (AvgIpc) is 3.50. The van der Waals surface area contributed by atoms with Crippen LogP contribution in [0.5, 0.6) is 0 Å². The number of aryl methyl sites for hydroxylation is 1. The second-order valence-electron chi connectivity index (χ2n) is 9.62. The molecular weight excluding hydrogens is 519 g/mol. The van der Waals surface area contributed by atoms with E-state index in [4.69, 9.17) is 0 Å². The molecule has 0 bridgehead atoms. The van der Waals surface area contributed by atoms with E-state index in [0.29, 0.717) is 40.4 Å². The number of nitrogens with zero attached hydrogens (tertiary/aromatic N) is 6. The Kier molecular flexibility index (Phi) is 6.85. The highest BCUT2D eigenvalue weighted by Crippen LogP contribution is 2.40. The monoisotopic (exact) mass is 543 g/mol. The molecule has 0 fully saturated rings. The molecule has 0 spiro atoms. The van der Waals surface area contributed by atoms with Gasteiger partial charge in [0.2, 0.25) is 0 Å². The topological polar surface area (TPSA) is 99.7 Å². The van der Waals surface area contributed by atoms with Gasteiger partial charge in [-0.15, -0.1) is 10.2 Å².